The average molecular weight is 255 g/mol. The highest BCUT2D eigenvalue weighted by atomic mass is 16.5. The smallest absolute Gasteiger partial charge is 0.0893 e. The molecular formula is C16H17NO2. The highest BCUT2D eigenvalue weighted by molar-refractivity contribution is 5.81. The van der Waals surface area contributed by atoms with Crippen molar-refractivity contribution in [1.29, 1.82) is 0 Å². The largest absolute Gasteiger partial charge is 0.379 e. The second-order valence-corrected chi connectivity index (χ2v) is 4.76. The van der Waals surface area contributed by atoms with E-state index in [9.17, 15) is 0 Å². The zero-order valence-corrected chi connectivity index (χ0v) is 10.8. The van der Waals surface area contributed by atoms with Crippen LogP contribution in [0.3, 0.4) is 0 Å². The van der Waals surface area contributed by atoms with Gasteiger partial charge in [-0.25, -0.2) is 0 Å². The van der Waals surface area contributed by atoms with Crippen molar-refractivity contribution in [3.8, 4) is 0 Å². The van der Waals surface area contributed by atoms with Crippen LogP contribution >= 0.6 is 0 Å². The molecule has 1 aromatic heterocycles. The van der Waals surface area contributed by atoms with Gasteiger partial charge in [0.05, 0.1) is 30.5 Å². The molecule has 0 amide bonds. The van der Waals surface area contributed by atoms with Gasteiger partial charge in [0.2, 0.25) is 0 Å². The Morgan fingerprint density at radius 3 is 3.11 bits per heavy atom. The summed E-state index contributed by atoms with van der Waals surface area (Å²) in [6.45, 7) is 5.84. The molecule has 3 rings (SSSR count). The molecule has 1 aliphatic heterocycles. The zero-order chi connectivity index (χ0) is 13.1. The van der Waals surface area contributed by atoms with Crippen LogP contribution in [0.5, 0.6) is 0 Å². The molecule has 0 unspecified atom stereocenters. The summed E-state index contributed by atoms with van der Waals surface area (Å²) in [5.74, 6) is 0. The second kappa shape index (κ2) is 5.51. The van der Waals surface area contributed by atoms with Crippen LogP contribution in [0.2, 0.25) is 0 Å². The average Bonchev–Trinajstić information content (AvgIpc) is 2.97. The quantitative estimate of drug-likeness (QED) is 0.840. The molecule has 19 heavy (non-hydrogen) atoms. The molecule has 0 spiro atoms. The van der Waals surface area contributed by atoms with E-state index >= 15 is 0 Å². The van der Waals surface area contributed by atoms with Gasteiger partial charge >= 0.3 is 0 Å². The van der Waals surface area contributed by atoms with Crippen LogP contribution in [0.15, 0.2) is 36.9 Å². The standard InChI is InChI=1S/C16H17NO2/c1-2-12-3-6-16-13(9-12)4-5-14(17-16)10-19-15-7-8-18-11-15/h2-6,9,15H,1,7-8,10-11H2/t15-/m0/s1. The number of fused-ring (bicyclic) bond motifs is 1. The minimum Gasteiger partial charge on any atom is -0.379 e. The lowest BCUT2D eigenvalue weighted by molar-refractivity contribution is 0.0303. The Morgan fingerprint density at radius 2 is 2.32 bits per heavy atom. The molecule has 0 aliphatic carbocycles. The van der Waals surface area contributed by atoms with Crippen molar-refractivity contribution in [3.05, 3.63) is 48.2 Å². The summed E-state index contributed by atoms with van der Waals surface area (Å²) in [4.78, 5) is 4.61. The Morgan fingerprint density at radius 1 is 1.37 bits per heavy atom. The van der Waals surface area contributed by atoms with Crippen molar-refractivity contribution in [1.82, 2.24) is 4.98 Å². The van der Waals surface area contributed by atoms with Crippen LogP contribution in [-0.2, 0) is 16.1 Å². The molecule has 0 bridgehead atoms. The van der Waals surface area contributed by atoms with Gasteiger partial charge in [0.1, 0.15) is 0 Å². The van der Waals surface area contributed by atoms with Crippen molar-refractivity contribution in [2.75, 3.05) is 13.2 Å². The lowest BCUT2D eigenvalue weighted by Crippen LogP contribution is -2.12. The maximum absolute atomic E-state index is 5.78. The van der Waals surface area contributed by atoms with E-state index in [0.29, 0.717) is 13.2 Å². The fourth-order valence-corrected chi connectivity index (χ4v) is 2.24. The van der Waals surface area contributed by atoms with Crippen LogP contribution in [0, 0.1) is 0 Å². The Hall–Kier alpha value is -1.71. The Bertz CT molecular complexity index is 588. The molecule has 3 heteroatoms. The van der Waals surface area contributed by atoms with Crippen LogP contribution in [0.4, 0.5) is 0 Å². The topological polar surface area (TPSA) is 31.4 Å². The Labute approximate surface area is 112 Å². The maximum atomic E-state index is 5.78. The van der Waals surface area contributed by atoms with Gasteiger partial charge < -0.3 is 9.47 Å². The van der Waals surface area contributed by atoms with Crippen molar-refractivity contribution < 1.29 is 9.47 Å². The molecule has 98 valence electrons. The van der Waals surface area contributed by atoms with Gasteiger partial charge in [-0.3, -0.25) is 4.98 Å². The minimum atomic E-state index is 0.223. The summed E-state index contributed by atoms with van der Waals surface area (Å²) >= 11 is 0. The van der Waals surface area contributed by atoms with Crippen LogP contribution in [-0.4, -0.2) is 24.3 Å². The van der Waals surface area contributed by atoms with Gasteiger partial charge in [-0.1, -0.05) is 24.8 Å². The number of benzene rings is 1. The number of hydrogen-bond acceptors (Lipinski definition) is 3. The third-order valence-corrected chi connectivity index (χ3v) is 3.36. The summed E-state index contributed by atoms with van der Waals surface area (Å²) in [5, 5.41) is 1.13. The third kappa shape index (κ3) is 2.83. The molecule has 2 aromatic rings. The van der Waals surface area contributed by atoms with Gasteiger partial charge in [-0.2, -0.15) is 0 Å². The molecule has 1 aliphatic rings. The molecular weight excluding hydrogens is 238 g/mol. The van der Waals surface area contributed by atoms with E-state index in [1.54, 1.807) is 0 Å². The Balaban J connectivity index is 1.75. The number of pyridine rings is 1. The normalized spacial score (nSPS) is 18.8. The molecule has 0 N–H and O–H groups in total. The highest BCUT2D eigenvalue weighted by Gasteiger charge is 2.16. The molecule has 1 atom stereocenters. The van der Waals surface area contributed by atoms with Gasteiger partial charge in [-0.15, -0.1) is 0 Å². The molecule has 0 radical (unpaired) electrons. The number of aromatic nitrogens is 1. The molecule has 1 aromatic carbocycles. The molecule has 3 nitrogen and oxygen atoms in total. The number of nitrogens with zero attached hydrogens (tertiary/aromatic N) is 1. The van der Waals surface area contributed by atoms with E-state index in [0.717, 1.165) is 35.2 Å². The second-order valence-electron chi connectivity index (χ2n) is 4.76. The SMILES string of the molecule is C=Cc1ccc2nc(CO[C@H]3CCOC3)ccc2c1. The summed E-state index contributed by atoms with van der Waals surface area (Å²) in [6.07, 6.45) is 3.05. The maximum Gasteiger partial charge on any atom is 0.0893 e. The zero-order valence-electron chi connectivity index (χ0n) is 10.8. The first-order valence-electron chi connectivity index (χ1n) is 6.56. The summed E-state index contributed by atoms with van der Waals surface area (Å²) in [6, 6.07) is 10.2. The van der Waals surface area contributed by atoms with E-state index in [4.69, 9.17) is 9.47 Å². The first-order valence-corrected chi connectivity index (χ1v) is 6.56. The number of ether oxygens (including phenoxy) is 2. The van der Waals surface area contributed by atoms with Crippen molar-refractivity contribution in [3.63, 3.8) is 0 Å². The van der Waals surface area contributed by atoms with Gasteiger partial charge in [0.15, 0.2) is 0 Å². The third-order valence-electron chi connectivity index (χ3n) is 3.36. The van der Waals surface area contributed by atoms with Gasteiger partial charge in [0.25, 0.3) is 0 Å². The molecule has 0 saturated carbocycles. The van der Waals surface area contributed by atoms with Crippen LogP contribution < -0.4 is 0 Å². The number of hydrogen-bond donors (Lipinski definition) is 0. The molecule has 2 heterocycles. The van der Waals surface area contributed by atoms with Crippen molar-refractivity contribution in [2.45, 2.75) is 19.1 Å². The van der Waals surface area contributed by atoms with E-state index in [-0.39, 0.29) is 6.10 Å². The summed E-state index contributed by atoms with van der Waals surface area (Å²) in [5.41, 5.74) is 3.07. The lowest BCUT2D eigenvalue weighted by Gasteiger charge is -2.09. The first-order chi connectivity index (χ1) is 9.35. The summed E-state index contributed by atoms with van der Waals surface area (Å²) in [7, 11) is 0. The molecule has 1 saturated heterocycles. The van der Waals surface area contributed by atoms with Crippen molar-refractivity contribution >= 4 is 17.0 Å². The van der Waals surface area contributed by atoms with E-state index < -0.39 is 0 Å². The van der Waals surface area contributed by atoms with E-state index in [1.807, 2.05) is 24.3 Å². The van der Waals surface area contributed by atoms with Gasteiger partial charge in [0, 0.05) is 12.0 Å². The van der Waals surface area contributed by atoms with Crippen LogP contribution in [0.1, 0.15) is 17.7 Å². The predicted octanol–water partition coefficient (Wildman–Crippen LogP) is 3.18. The Kier molecular flexibility index (Phi) is 3.58. The first kappa shape index (κ1) is 12.3. The van der Waals surface area contributed by atoms with Gasteiger partial charge in [-0.05, 0) is 30.2 Å². The predicted molar refractivity (Wildman–Crippen MR) is 75.8 cm³/mol. The van der Waals surface area contributed by atoms with Crippen LogP contribution in [0.25, 0.3) is 17.0 Å². The monoisotopic (exact) mass is 255 g/mol. The van der Waals surface area contributed by atoms with E-state index in [2.05, 4.69) is 23.7 Å². The van der Waals surface area contributed by atoms with E-state index in [1.165, 1.54) is 0 Å². The number of rotatable bonds is 4. The fourth-order valence-electron chi connectivity index (χ4n) is 2.24. The van der Waals surface area contributed by atoms with Crippen molar-refractivity contribution in [2.24, 2.45) is 0 Å². The summed E-state index contributed by atoms with van der Waals surface area (Å²) < 4.78 is 11.1. The minimum absolute atomic E-state index is 0.223. The lowest BCUT2D eigenvalue weighted by atomic mass is 10.1. The highest BCUT2D eigenvalue weighted by Crippen LogP contribution is 2.17. The molecule has 1 fully saturated rings. The fraction of sp³-hybridized carbons (Fsp3) is 0.312.